The molecular formula is C16H24BrNO. The van der Waals surface area contributed by atoms with Crippen LogP contribution < -0.4 is 5.32 Å². The Balaban J connectivity index is 1.97. The van der Waals surface area contributed by atoms with E-state index >= 15 is 0 Å². The molecule has 106 valence electrons. The topological polar surface area (TPSA) is 21.3 Å². The maximum atomic E-state index is 5.49. The number of hydrogen-bond donors (Lipinski definition) is 1. The van der Waals surface area contributed by atoms with E-state index in [2.05, 4.69) is 52.4 Å². The molecule has 0 bridgehead atoms. The lowest BCUT2D eigenvalue weighted by atomic mass is 9.87. The van der Waals surface area contributed by atoms with Crippen molar-refractivity contribution in [1.82, 2.24) is 5.32 Å². The fourth-order valence-electron chi connectivity index (χ4n) is 2.73. The van der Waals surface area contributed by atoms with Gasteiger partial charge in [-0.3, -0.25) is 0 Å². The largest absolute Gasteiger partial charge is 0.381 e. The normalized spacial score (nSPS) is 18.4. The van der Waals surface area contributed by atoms with Gasteiger partial charge in [-0.2, -0.15) is 0 Å². The molecule has 19 heavy (non-hydrogen) atoms. The Kier molecular flexibility index (Phi) is 6.35. The molecule has 0 saturated carbocycles. The van der Waals surface area contributed by atoms with E-state index in [0.29, 0.717) is 6.04 Å². The first-order chi connectivity index (χ1) is 9.29. The number of nitrogens with one attached hydrogen (secondary N) is 1. The van der Waals surface area contributed by atoms with E-state index < -0.39 is 0 Å². The van der Waals surface area contributed by atoms with Crippen molar-refractivity contribution in [2.75, 3.05) is 19.8 Å². The average molecular weight is 326 g/mol. The van der Waals surface area contributed by atoms with Crippen molar-refractivity contribution in [2.24, 2.45) is 5.92 Å². The molecule has 0 amide bonds. The molecule has 1 aliphatic heterocycles. The second kappa shape index (κ2) is 8.03. The summed E-state index contributed by atoms with van der Waals surface area (Å²) in [5, 5.41) is 3.73. The summed E-state index contributed by atoms with van der Waals surface area (Å²) in [5.41, 5.74) is 1.42. The van der Waals surface area contributed by atoms with Crippen molar-refractivity contribution in [3.63, 3.8) is 0 Å². The zero-order chi connectivity index (χ0) is 13.5. The molecule has 1 fully saturated rings. The van der Waals surface area contributed by atoms with Gasteiger partial charge in [-0.05, 0) is 55.8 Å². The summed E-state index contributed by atoms with van der Waals surface area (Å²) in [4.78, 5) is 0. The maximum Gasteiger partial charge on any atom is 0.0469 e. The lowest BCUT2D eigenvalue weighted by Gasteiger charge is -2.31. The van der Waals surface area contributed by atoms with E-state index in [9.17, 15) is 0 Å². The first-order valence-corrected chi connectivity index (χ1v) is 8.14. The maximum absolute atomic E-state index is 5.49. The molecule has 1 unspecified atom stereocenters. The Morgan fingerprint density at radius 2 is 1.95 bits per heavy atom. The molecule has 1 heterocycles. The minimum Gasteiger partial charge on any atom is -0.381 e. The summed E-state index contributed by atoms with van der Waals surface area (Å²) >= 11 is 3.50. The lowest BCUT2D eigenvalue weighted by Crippen LogP contribution is -2.41. The number of halogens is 1. The van der Waals surface area contributed by atoms with Crippen LogP contribution in [0.25, 0.3) is 0 Å². The van der Waals surface area contributed by atoms with Crippen molar-refractivity contribution in [3.05, 3.63) is 34.3 Å². The minimum atomic E-state index is 0.588. The minimum absolute atomic E-state index is 0.588. The SMILES string of the molecule is CCCNC(Cc1ccc(Br)cc1)C1CCOCC1. The van der Waals surface area contributed by atoms with E-state index in [4.69, 9.17) is 4.74 Å². The van der Waals surface area contributed by atoms with Gasteiger partial charge in [0.2, 0.25) is 0 Å². The van der Waals surface area contributed by atoms with Crippen molar-refractivity contribution >= 4 is 15.9 Å². The molecule has 0 aliphatic carbocycles. The van der Waals surface area contributed by atoms with Crippen LogP contribution in [0.4, 0.5) is 0 Å². The van der Waals surface area contributed by atoms with Gasteiger partial charge in [0.05, 0.1) is 0 Å². The second-order valence-corrected chi connectivity index (χ2v) is 6.26. The Bertz CT molecular complexity index is 360. The first kappa shape index (κ1) is 15.0. The summed E-state index contributed by atoms with van der Waals surface area (Å²) in [5.74, 6) is 0.754. The second-order valence-electron chi connectivity index (χ2n) is 5.34. The molecule has 1 saturated heterocycles. The zero-order valence-electron chi connectivity index (χ0n) is 11.7. The van der Waals surface area contributed by atoms with Crippen molar-refractivity contribution in [3.8, 4) is 0 Å². The molecule has 2 rings (SSSR count). The van der Waals surface area contributed by atoms with Gasteiger partial charge >= 0.3 is 0 Å². The van der Waals surface area contributed by atoms with E-state index in [1.807, 2.05) is 0 Å². The number of benzene rings is 1. The standard InChI is InChI=1S/C16H24BrNO/c1-2-9-18-16(14-7-10-19-11-8-14)12-13-3-5-15(17)6-4-13/h3-6,14,16,18H,2,7-12H2,1H3. The third-order valence-corrected chi connectivity index (χ3v) is 4.39. The highest BCUT2D eigenvalue weighted by Crippen LogP contribution is 2.22. The quantitative estimate of drug-likeness (QED) is 0.859. The predicted octanol–water partition coefficient (Wildman–Crippen LogP) is 3.79. The van der Waals surface area contributed by atoms with E-state index in [1.165, 1.54) is 24.8 Å². The monoisotopic (exact) mass is 325 g/mol. The summed E-state index contributed by atoms with van der Waals surface area (Å²) in [6, 6.07) is 9.31. The highest BCUT2D eigenvalue weighted by atomic mass is 79.9. The van der Waals surface area contributed by atoms with Crippen LogP contribution in [0.2, 0.25) is 0 Å². The smallest absolute Gasteiger partial charge is 0.0469 e. The third kappa shape index (κ3) is 4.90. The fourth-order valence-corrected chi connectivity index (χ4v) is 2.99. The van der Waals surface area contributed by atoms with Gasteiger partial charge < -0.3 is 10.1 Å². The number of ether oxygens (including phenoxy) is 1. The van der Waals surface area contributed by atoms with Gasteiger partial charge in [-0.1, -0.05) is 35.0 Å². The van der Waals surface area contributed by atoms with Gasteiger partial charge in [-0.15, -0.1) is 0 Å². The Hall–Kier alpha value is -0.380. The summed E-state index contributed by atoms with van der Waals surface area (Å²) < 4.78 is 6.64. The first-order valence-electron chi connectivity index (χ1n) is 7.35. The molecule has 1 atom stereocenters. The summed E-state index contributed by atoms with van der Waals surface area (Å²) in [6.07, 6.45) is 4.70. The molecule has 3 heteroatoms. The van der Waals surface area contributed by atoms with Gasteiger partial charge in [0.15, 0.2) is 0 Å². The van der Waals surface area contributed by atoms with Crippen LogP contribution in [0, 0.1) is 5.92 Å². The molecule has 0 aromatic heterocycles. The van der Waals surface area contributed by atoms with Crippen LogP contribution in [0.3, 0.4) is 0 Å². The van der Waals surface area contributed by atoms with Crippen LogP contribution in [-0.2, 0) is 11.2 Å². The number of rotatable bonds is 6. The lowest BCUT2D eigenvalue weighted by molar-refractivity contribution is 0.0538. The Morgan fingerprint density at radius 3 is 2.58 bits per heavy atom. The predicted molar refractivity (Wildman–Crippen MR) is 83.5 cm³/mol. The van der Waals surface area contributed by atoms with Crippen LogP contribution >= 0.6 is 15.9 Å². The van der Waals surface area contributed by atoms with Gasteiger partial charge in [0.1, 0.15) is 0 Å². The highest BCUT2D eigenvalue weighted by molar-refractivity contribution is 9.10. The van der Waals surface area contributed by atoms with Crippen molar-refractivity contribution < 1.29 is 4.74 Å². The average Bonchev–Trinajstić information content (AvgIpc) is 2.46. The zero-order valence-corrected chi connectivity index (χ0v) is 13.3. The molecule has 1 aliphatic rings. The highest BCUT2D eigenvalue weighted by Gasteiger charge is 2.23. The fraction of sp³-hybridized carbons (Fsp3) is 0.625. The van der Waals surface area contributed by atoms with Crippen LogP contribution in [-0.4, -0.2) is 25.8 Å². The molecule has 1 N–H and O–H groups in total. The Labute approximate surface area is 125 Å². The van der Waals surface area contributed by atoms with Gasteiger partial charge in [-0.25, -0.2) is 0 Å². The Morgan fingerprint density at radius 1 is 1.26 bits per heavy atom. The molecule has 2 nitrogen and oxygen atoms in total. The van der Waals surface area contributed by atoms with Gasteiger partial charge in [0.25, 0.3) is 0 Å². The van der Waals surface area contributed by atoms with Crippen molar-refractivity contribution in [2.45, 2.75) is 38.6 Å². The van der Waals surface area contributed by atoms with E-state index in [0.717, 1.165) is 36.6 Å². The molecule has 1 aromatic carbocycles. The van der Waals surface area contributed by atoms with Crippen LogP contribution in [0.1, 0.15) is 31.7 Å². The van der Waals surface area contributed by atoms with Crippen molar-refractivity contribution in [1.29, 1.82) is 0 Å². The molecular weight excluding hydrogens is 302 g/mol. The van der Waals surface area contributed by atoms with Crippen LogP contribution in [0.15, 0.2) is 28.7 Å². The molecule has 0 radical (unpaired) electrons. The van der Waals surface area contributed by atoms with E-state index in [1.54, 1.807) is 0 Å². The van der Waals surface area contributed by atoms with Crippen LogP contribution in [0.5, 0.6) is 0 Å². The summed E-state index contributed by atoms with van der Waals surface area (Å²) in [6.45, 7) is 5.19. The number of hydrogen-bond acceptors (Lipinski definition) is 2. The molecule has 1 aromatic rings. The third-order valence-electron chi connectivity index (χ3n) is 3.86. The van der Waals surface area contributed by atoms with E-state index in [-0.39, 0.29) is 0 Å². The molecule has 0 spiro atoms. The van der Waals surface area contributed by atoms with Gasteiger partial charge in [0, 0.05) is 23.7 Å². The summed E-state index contributed by atoms with van der Waals surface area (Å²) in [7, 11) is 0.